The maximum Gasteiger partial charge on any atom is 0.243 e. The number of ether oxygens (including phenoxy) is 1. The van der Waals surface area contributed by atoms with Gasteiger partial charge in [0.1, 0.15) is 16.6 Å². The number of benzene rings is 3. The molecule has 3 N–H and O–H groups in total. The summed E-state index contributed by atoms with van der Waals surface area (Å²) in [5, 5.41) is 8.45. The van der Waals surface area contributed by atoms with Crippen LogP contribution in [0.2, 0.25) is 5.02 Å². The van der Waals surface area contributed by atoms with Crippen molar-refractivity contribution in [2.75, 3.05) is 35.7 Å². The first-order valence-electron chi connectivity index (χ1n) is 20.1. The summed E-state index contributed by atoms with van der Waals surface area (Å²) in [5.41, 5.74) is 5.68. The van der Waals surface area contributed by atoms with Gasteiger partial charge in [0.05, 0.1) is 39.9 Å². The number of hydrogen-bond donors (Lipinski definition) is 3. The molecule has 2 saturated heterocycles. The molecule has 2 amide bonds. The monoisotopic (exact) mass is 846 g/mol. The molecule has 4 aromatic rings. The molecule has 59 heavy (non-hydrogen) atoms. The van der Waals surface area contributed by atoms with Crippen LogP contribution in [0.3, 0.4) is 0 Å². The van der Waals surface area contributed by atoms with Gasteiger partial charge in [0.15, 0.2) is 15.7 Å². The highest BCUT2D eigenvalue weighted by Gasteiger charge is 2.35. The van der Waals surface area contributed by atoms with E-state index in [0.717, 1.165) is 48.3 Å². The molecule has 7 rings (SSSR count). The Bertz CT molecular complexity index is 2350. The van der Waals surface area contributed by atoms with Gasteiger partial charge in [0, 0.05) is 62.5 Å². The highest BCUT2D eigenvalue weighted by molar-refractivity contribution is 7.92. The largest absolute Gasteiger partial charge is 0.489 e. The number of rotatable bonds is 13. The summed E-state index contributed by atoms with van der Waals surface area (Å²) in [7, 11) is -1.53. The van der Waals surface area contributed by atoms with Gasteiger partial charge in [-0.05, 0) is 108 Å². The van der Waals surface area contributed by atoms with E-state index < -0.39 is 15.1 Å². The van der Waals surface area contributed by atoms with Crippen molar-refractivity contribution < 1.29 is 27.1 Å². The Hall–Kier alpha value is -4.83. The lowest BCUT2D eigenvalue weighted by atomic mass is 10.00. The molecule has 314 valence electrons. The van der Waals surface area contributed by atoms with Crippen LogP contribution in [0.15, 0.2) is 59.6 Å². The molecule has 2 fully saturated rings. The molecule has 1 unspecified atom stereocenters. The first-order valence-corrected chi connectivity index (χ1v) is 22.0. The van der Waals surface area contributed by atoms with E-state index in [1.165, 1.54) is 6.20 Å². The second-order valence-corrected chi connectivity index (χ2v) is 19.1. The SMILES string of the molecule is Cc1cc(Nc2ncc(Cl)c(Nc3ccccc3S(=O)(=O)C(C)C)n2)c(OC(C)C)cc1N1CCC(N(C)Cc2cc3c(cc2F)CN(C2CCC(=O)NC2=O)C3)CC1. The quantitative estimate of drug-likeness (QED) is 0.116. The molecular weight excluding hydrogens is 795 g/mol. The van der Waals surface area contributed by atoms with Gasteiger partial charge in [-0.15, -0.1) is 0 Å². The van der Waals surface area contributed by atoms with Crippen molar-refractivity contribution in [1.82, 2.24) is 25.1 Å². The van der Waals surface area contributed by atoms with Crippen LogP contribution in [-0.2, 0) is 39.1 Å². The number of nitrogens with zero attached hydrogens (tertiary/aromatic N) is 5. The molecule has 16 heteroatoms. The van der Waals surface area contributed by atoms with E-state index >= 15 is 4.39 Å². The van der Waals surface area contributed by atoms with Crippen molar-refractivity contribution in [3.05, 3.63) is 87.8 Å². The highest BCUT2D eigenvalue weighted by Crippen LogP contribution is 2.38. The number of hydrogen-bond acceptors (Lipinski definition) is 12. The minimum atomic E-state index is -3.58. The van der Waals surface area contributed by atoms with Gasteiger partial charge in [-0.3, -0.25) is 24.7 Å². The molecule has 0 bridgehead atoms. The lowest BCUT2D eigenvalue weighted by Crippen LogP contribution is -2.50. The van der Waals surface area contributed by atoms with Crippen LogP contribution in [0.25, 0.3) is 0 Å². The van der Waals surface area contributed by atoms with E-state index in [1.54, 1.807) is 44.2 Å². The van der Waals surface area contributed by atoms with E-state index in [0.29, 0.717) is 55.2 Å². The third-order valence-corrected chi connectivity index (χ3v) is 13.8. The van der Waals surface area contributed by atoms with Crippen molar-refractivity contribution in [2.45, 2.75) is 108 Å². The van der Waals surface area contributed by atoms with Crippen LogP contribution >= 0.6 is 11.6 Å². The fourth-order valence-corrected chi connectivity index (χ4v) is 9.46. The number of halogens is 2. The summed E-state index contributed by atoms with van der Waals surface area (Å²) in [6, 6.07) is 14.2. The second kappa shape index (κ2) is 17.4. The third kappa shape index (κ3) is 9.33. The summed E-state index contributed by atoms with van der Waals surface area (Å²) >= 11 is 6.51. The van der Waals surface area contributed by atoms with Gasteiger partial charge in [0.25, 0.3) is 0 Å². The number of aryl methyl sites for hydroxylation is 1. The average Bonchev–Trinajstić information content (AvgIpc) is 3.59. The molecule has 3 aromatic carbocycles. The Labute approximate surface area is 350 Å². The van der Waals surface area contributed by atoms with Crippen LogP contribution in [0.5, 0.6) is 5.75 Å². The Balaban J connectivity index is 1.01. The van der Waals surface area contributed by atoms with Crippen LogP contribution in [0.4, 0.5) is 33.2 Å². The zero-order valence-corrected chi connectivity index (χ0v) is 35.9. The zero-order valence-electron chi connectivity index (χ0n) is 34.3. The minimum Gasteiger partial charge on any atom is -0.489 e. The molecule has 1 atom stereocenters. The van der Waals surface area contributed by atoms with Gasteiger partial charge in [0.2, 0.25) is 17.8 Å². The normalized spacial score (nSPS) is 17.8. The number of piperidine rings is 2. The number of nitrogens with one attached hydrogen (secondary N) is 3. The van der Waals surface area contributed by atoms with Crippen molar-refractivity contribution in [3.8, 4) is 5.75 Å². The summed E-state index contributed by atoms with van der Waals surface area (Å²) < 4.78 is 48.0. The maximum atomic E-state index is 15.5. The average molecular weight is 847 g/mol. The van der Waals surface area contributed by atoms with E-state index in [1.807, 2.05) is 36.9 Å². The van der Waals surface area contributed by atoms with Crippen molar-refractivity contribution in [3.63, 3.8) is 0 Å². The predicted octanol–water partition coefficient (Wildman–Crippen LogP) is 7.26. The molecule has 1 aromatic heterocycles. The molecule has 13 nitrogen and oxygen atoms in total. The lowest BCUT2D eigenvalue weighted by Gasteiger charge is -2.38. The summed E-state index contributed by atoms with van der Waals surface area (Å²) in [6.45, 7) is 12.4. The van der Waals surface area contributed by atoms with E-state index in [-0.39, 0.29) is 57.5 Å². The number of aromatic nitrogens is 2. The van der Waals surface area contributed by atoms with Crippen LogP contribution in [0, 0.1) is 12.7 Å². The number of amides is 2. The van der Waals surface area contributed by atoms with Crippen LogP contribution in [0.1, 0.15) is 75.6 Å². The molecule has 3 aliphatic rings. The molecule has 0 aliphatic carbocycles. The molecule has 4 heterocycles. The number of para-hydroxylation sites is 1. The minimum absolute atomic E-state index is 0.117. The van der Waals surface area contributed by atoms with Gasteiger partial charge in [-0.25, -0.2) is 17.8 Å². The number of carbonyl (C=O) groups is 2. The topological polar surface area (TPSA) is 149 Å². The Morgan fingerprint density at radius 3 is 2.41 bits per heavy atom. The molecule has 0 saturated carbocycles. The van der Waals surface area contributed by atoms with Crippen molar-refractivity contribution in [2.24, 2.45) is 0 Å². The number of sulfone groups is 1. The van der Waals surface area contributed by atoms with Gasteiger partial charge >= 0.3 is 0 Å². The zero-order chi connectivity index (χ0) is 42.2. The number of fused-ring (bicyclic) bond motifs is 1. The van der Waals surface area contributed by atoms with E-state index in [4.69, 9.17) is 16.3 Å². The Morgan fingerprint density at radius 1 is 1.00 bits per heavy atom. The van der Waals surface area contributed by atoms with Gasteiger partial charge in [-0.2, -0.15) is 4.98 Å². The summed E-state index contributed by atoms with van der Waals surface area (Å²) in [6.07, 6.45) is 3.92. The number of carbonyl (C=O) groups excluding carboxylic acids is 2. The highest BCUT2D eigenvalue weighted by atomic mass is 35.5. The fourth-order valence-electron chi connectivity index (χ4n) is 8.12. The first kappa shape index (κ1) is 42.3. The molecular formula is C43H52ClFN8O5S. The first-order chi connectivity index (χ1) is 28.1. The van der Waals surface area contributed by atoms with Gasteiger partial charge in [-0.1, -0.05) is 23.7 Å². The number of imide groups is 1. The Kier molecular flexibility index (Phi) is 12.5. The van der Waals surface area contributed by atoms with E-state index in [2.05, 4.69) is 49.7 Å². The fraction of sp³-hybridized carbons (Fsp3) is 0.442. The van der Waals surface area contributed by atoms with Crippen molar-refractivity contribution in [1.29, 1.82) is 0 Å². The number of anilines is 5. The lowest BCUT2D eigenvalue weighted by molar-refractivity contribution is -0.137. The standard InChI is InChI=1S/C43H52ClFN8O5S/c1-25(2)58-38-20-37(27(5)17-35(38)48-43-46-21-32(44)41(50-43)47-34-9-7-8-10-39(34)59(56,57)26(3)4)52-15-13-31(14-16-52)51(6)22-30-18-28-23-53(24-29(28)19-33(30)45)36-11-12-40(54)49-42(36)55/h7-10,17-21,25-26,31,36H,11-16,22-24H2,1-6H3,(H,49,54,55)(H2,46,47,48,50). The van der Waals surface area contributed by atoms with Crippen LogP contribution in [-0.4, -0.2) is 83.6 Å². The second-order valence-electron chi connectivity index (χ2n) is 16.2. The smallest absolute Gasteiger partial charge is 0.243 e. The molecule has 3 aliphatic heterocycles. The van der Waals surface area contributed by atoms with Crippen LogP contribution < -0.4 is 25.6 Å². The molecule has 0 spiro atoms. The summed E-state index contributed by atoms with van der Waals surface area (Å²) in [5.74, 6) is 0.374. The Morgan fingerprint density at radius 2 is 1.71 bits per heavy atom. The predicted molar refractivity (Wildman–Crippen MR) is 228 cm³/mol. The van der Waals surface area contributed by atoms with Crippen molar-refractivity contribution >= 4 is 62.1 Å². The maximum absolute atomic E-state index is 15.5. The third-order valence-electron chi connectivity index (χ3n) is 11.3. The van der Waals surface area contributed by atoms with E-state index in [9.17, 15) is 18.0 Å². The van der Waals surface area contributed by atoms with Gasteiger partial charge < -0.3 is 20.3 Å². The molecule has 0 radical (unpaired) electrons. The summed E-state index contributed by atoms with van der Waals surface area (Å²) in [4.78, 5) is 40.0.